The fourth-order valence-electron chi connectivity index (χ4n) is 2.51. The minimum atomic E-state index is 0.712. The molecule has 0 aromatic heterocycles. The van der Waals surface area contributed by atoms with E-state index in [9.17, 15) is 0 Å². The van der Waals surface area contributed by atoms with Crippen molar-refractivity contribution in [2.24, 2.45) is 4.99 Å². The van der Waals surface area contributed by atoms with Gasteiger partial charge in [-0.05, 0) is 12.5 Å². The molecule has 1 fully saturated rings. The molecule has 1 aromatic rings. The van der Waals surface area contributed by atoms with E-state index in [1.165, 1.54) is 12.2 Å². The zero-order valence-electron chi connectivity index (χ0n) is 13.1. The summed E-state index contributed by atoms with van der Waals surface area (Å²) in [5.41, 5.74) is 1.15. The van der Waals surface area contributed by atoms with Crippen LogP contribution in [0.5, 0.6) is 5.75 Å². The van der Waals surface area contributed by atoms with Crippen LogP contribution in [0.15, 0.2) is 29.3 Å². The number of hydrogen-bond acceptors (Lipinski definition) is 3. The first-order valence-corrected chi connectivity index (χ1v) is 8.52. The molecule has 21 heavy (non-hydrogen) atoms. The second-order valence-corrected chi connectivity index (χ2v) is 6.47. The smallest absolute Gasteiger partial charge is 0.193 e. The van der Waals surface area contributed by atoms with Crippen LogP contribution < -0.4 is 10.1 Å². The molecule has 2 rings (SSSR count). The van der Waals surface area contributed by atoms with Crippen molar-refractivity contribution in [3.8, 4) is 5.75 Å². The van der Waals surface area contributed by atoms with E-state index in [1.807, 2.05) is 25.2 Å². The fourth-order valence-corrected chi connectivity index (χ4v) is 3.69. The van der Waals surface area contributed by atoms with Gasteiger partial charge in [0.1, 0.15) is 5.75 Å². The molecule has 0 spiro atoms. The quantitative estimate of drug-likeness (QED) is 0.685. The highest BCUT2D eigenvalue weighted by Gasteiger charge is 2.21. The first kappa shape index (κ1) is 16.0. The number of ether oxygens (including phenoxy) is 1. The van der Waals surface area contributed by atoms with E-state index in [1.54, 1.807) is 7.11 Å². The number of rotatable bonds is 4. The molecular weight excluding hydrogens is 282 g/mol. The van der Waals surface area contributed by atoms with E-state index in [0.717, 1.165) is 36.9 Å². The molecule has 116 valence electrons. The first-order valence-electron chi connectivity index (χ1n) is 7.47. The maximum absolute atomic E-state index is 5.39. The molecule has 4 nitrogen and oxygen atoms in total. The molecule has 1 aliphatic heterocycles. The van der Waals surface area contributed by atoms with Gasteiger partial charge in [-0.1, -0.05) is 25.1 Å². The van der Waals surface area contributed by atoms with Crippen molar-refractivity contribution in [3.63, 3.8) is 0 Å². The summed E-state index contributed by atoms with van der Waals surface area (Å²) in [6.45, 7) is 5.13. The van der Waals surface area contributed by atoms with Gasteiger partial charge in [0.2, 0.25) is 0 Å². The minimum Gasteiger partial charge on any atom is -0.496 e. The second-order valence-electron chi connectivity index (χ2n) is 5.06. The lowest BCUT2D eigenvalue weighted by molar-refractivity contribution is 0.400. The van der Waals surface area contributed by atoms with Crippen molar-refractivity contribution in [1.82, 2.24) is 10.2 Å². The van der Waals surface area contributed by atoms with E-state index < -0.39 is 0 Å². The normalized spacial score (nSPS) is 19.5. The van der Waals surface area contributed by atoms with E-state index in [2.05, 4.69) is 40.0 Å². The van der Waals surface area contributed by atoms with Crippen LogP contribution >= 0.6 is 11.8 Å². The average molecular weight is 307 g/mol. The Kier molecular flexibility index (Phi) is 6.23. The topological polar surface area (TPSA) is 36.9 Å². The van der Waals surface area contributed by atoms with Gasteiger partial charge in [0.15, 0.2) is 5.96 Å². The molecule has 0 saturated carbocycles. The van der Waals surface area contributed by atoms with E-state index >= 15 is 0 Å². The third-order valence-electron chi connectivity index (χ3n) is 3.73. The maximum atomic E-state index is 5.39. The number of guanidine groups is 1. The van der Waals surface area contributed by atoms with Crippen molar-refractivity contribution in [2.45, 2.75) is 25.1 Å². The van der Waals surface area contributed by atoms with Gasteiger partial charge >= 0.3 is 0 Å². The Bertz CT molecular complexity index is 478. The lowest BCUT2D eigenvalue weighted by Gasteiger charge is -2.34. The summed E-state index contributed by atoms with van der Waals surface area (Å²) in [6, 6.07) is 8.10. The summed E-state index contributed by atoms with van der Waals surface area (Å²) < 4.78 is 5.39. The summed E-state index contributed by atoms with van der Waals surface area (Å²) in [5, 5.41) is 4.17. The molecule has 0 radical (unpaired) electrons. The lowest BCUT2D eigenvalue weighted by atomic mass is 10.2. The standard InChI is InChI=1S/C16H25N3OS/c1-4-14-12-19(9-10-21-14)16(17-2)18-11-13-7-5-6-8-15(13)20-3/h5-8,14H,4,9-12H2,1-3H3,(H,17,18). The molecule has 0 aliphatic carbocycles. The van der Waals surface area contributed by atoms with Crippen molar-refractivity contribution in [1.29, 1.82) is 0 Å². The Morgan fingerprint density at radius 1 is 1.48 bits per heavy atom. The number of aliphatic imine (C=N–C) groups is 1. The monoisotopic (exact) mass is 307 g/mol. The summed E-state index contributed by atoms with van der Waals surface area (Å²) in [6.07, 6.45) is 1.21. The van der Waals surface area contributed by atoms with Crippen LogP contribution in [0.4, 0.5) is 0 Å². The van der Waals surface area contributed by atoms with Crippen LogP contribution in [0, 0.1) is 0 Å². The second kappa shape index (κ2) is 8.17. The number of nitrogens with one attached hydrogen (secondary N) is 1. The molecule has 1 unspecified atom stereocenters. The highest BCUT2D eigenvalue weighted by molar-refractivity contribution is 8.00. The number of para-hydroxylation sites is 1. The third kappa shape index (κ3) is 4.30. The molecule has 1 saturated heterocycles. The number of nitrogens with zero attached hydrogens (tertiary/aromatic N) is 2. The van der Waals surface area contributed by atoms with Gasteiger partial charge in [0, 0.05) is 43.2 Å². The van der Waals surface area contributed by atoms with Gasteiger partial charge in [-0.15, -0.1) is 0 Å². The van der Waals surface area contributed by atoms with Gasteiger partial charge in [-0.2, -0.15) is 11.8 Å². The maximum Gasteiger partial charge on any atom is 0.193 e. The number of hydrogen-bond donors (Lipinski definition) is 1. The van der Waals surface area contributed by atoms with Gasteiger partial charge in [-0.25, -0.2) is 0 Å². The first-order chi connectivity index (χ1) is 10.3. The highest BCUT2D eigenvalue weighted by atomic mass is 32.2. The largest absolute Gasteiger partial charge is 0.496 e. The molecule has 1 aliphatic rings. The Hall–Kier alpha value is -1.36. The molecule has 1 heterocycles. The Morgan fingerprint density at radius 2 is 2.29 bits per heavy atom. The summed E-state index contributed by atoms with van der Waals surface area (Å²) in [4.78, 5) is 6.79. The molecule has 5 heteroatoms. The summed E-state index contributed by atoms with van der Waals surface area (Å²) >= 11 is 2.07. The predicted octanol–water partition coefficient (Wildman–Crippen LogP) is 2.60. The van der Waals surface area contributed by atoms with Crippen molar-refractivity contribution in [2.75, 3.05) is 33.0 Å². The zero-order valence-corrected chi connectivity index (χ0v) is 13.9. The predicted molar refractivity (Wildman–Crippen MR) is 91.3 cm³/mol. The minimum absolute atomic E-state index is 0.712. The van der Waals surface area contributed by atoms with Crippen LogP contribution in [-0.2, 0) is 6.54 Å². The van der Waals surface area contributed by atoms with Gasteiger partial charge in [0.25, 0.3) is 0 Å². The van der Waals surface area contributed by atoms with Crippen LogP contribution in [0.2, 0.25) is 0 Å². The molecule has 1 aromatic carbocycles. The lowest BCUT2D eigenvalue weighted by Crippen LogP contribution is -2.47. The van der Waals surface area contributed by atoms with E-state index in [0.29, 0.717) is 5.25 Å². The van der Waals surface area contributed by atoms with Crippen molar-refractivity contribution < 1.29 is 4.74 Å². The van der Waals surface area contributed by atoms with Crippen molar-refractivity contribution >= 4 is 17.7 Å². The van der Waals surface area contributed by atoms with Gasteiger partial charge < -0.3 is 15.0 Å². The molecule has 0 bridgehead atoms. The van der Waals surface area contributed by atoms with Crippen LogP contribution in [-0.4, -0.2) is 49.1 Å². The van der Waals surface area contributed by atoms with Crippen molar-refractivity contribution in [3.05, 3.63) is 29.8 Å². The van der Waals surface area contributed by atoms with E-state index in [-0.39, 0.29) is 0 Å². The van der Waals surface area contributed by atoms with Crippen LogP contribution in [0.1, 0.15) is 18.9 Å². The van der Waals surface area contributed by atoms with E-state index in [4.69, 9.17) is 4.74 Å². The average Bonchev–Trinajstić information content (AvgIpc) is 2.56. The number of methoxy groups -OCH3 is 1. The Morgan fingerprint density at radius 3 is 3.00 bits per heavy atom. The number of benzene rings is 1. The van der Waals surface area contributed by atoms with Crippen LogP contribution in [0.25, 0.3) is 0 Å². The molecule has 0 amide bonds. The third-order valence-corrected chi connectivity index (χ3v) is 5.11. The number of thioether (sulfide) groups is 1. The summed E-state index contributed by atoms with van der Waals surface area (Å²) in [5.74, 6) is 3.08. The van der Waals surface area contributed by atoms with Gasteiger partial charge in [-0.3, -0.25) is 4.99 Å². The fraction of sp³-hybridized carbons (Fsp3) is 0.562. The highest BCUT2D eigenvalue weighted by Crippen LogP contribution is 2.21. The molecule has 1 N–H and O–H groups in total. The van der Waals surface area contributed by atoms with Gasteiger partial charge in [0.05, 0.1) is 7.11 Å². The molecule has 1 atom stereocenters. The Labute approximate surface area is 132 Å². The zero-order chi connectivity index (χ0) is 15.1. The SMILES string of the molecule is CCC1CN(C(=NC)NCc2ccccc2OC)CCS1. The Balaban J connectivity index is 1.96. The van der Waals surface area contributed by atoms with Crippen LogP contribution in [0.3, 0.4) is 0 Å². The molecular formula is C16H25N3OS. The summed E-state index contributed by atoms with van der Waals surface area (Å²) in [7, 11) is 3.56.